The van der Waals surface area contributed by atoms with Crippen molar-refractivity contribution in [2.45, 2.75) is 53.6 Å². The summed E-state index contributed by atoms with van der Waals surface area (Å²) in [5.74, 6) is 2.80. The Hall–Kier alpha value is -1.81. The van der Waals surface area contributed by atoms with Gasteiger partial charge in [-0.25, -0.2) is 4.99 Å². The Labute approximate surface area is 204 Å². The fraction of sp³-hybridized carbons (Fsp3) is 0.565. The second kappa shape index (κ2) is 15.1. The Morgan fingerprint density at radius 3 is 2.42 bits per heavy atom. The van der Waals surface area contributed by atoms with E-state index in [1.807, 2.05) is 25.1 Å². The molecule has 0 atom stereocenters. The summed E-state index contributed by atoms with van der Waals surface area (Å²) in [6.45, 7) is 16.3. The largest absolute Gasteiger partial charge is 0.492 e. The Balaban J connectivity index is 0.00000480. The van der Waals surface area contributed by atoms with Crippen molar-refractivity contribution in [2.75, 3.05) is 32.8 Å². The second-order valence-electron chi connectivity index (χ2n) is 7.44. The topological polar surface area (TPSA) is 74.9 Å². The van der Waals surface area contributed by atoms with Crippen LogP contribution < -0.4 is 15.4 Å². The van der Waals surface area contributed by atoms with Crippen molar-refractivity contribution in [3.63, 3.8) is 0 Å². The molecule has 7 nitrogen and oxygen atoms in total. The van der Waals surface area contributed by atoms with Crippen molar-refractivity contribution in [1.82, 2.24) is 20.7 Å². The molecule has 2 rings (SSSR count). The van der Waals surface area contributed by atoms with Crippen LogP contribution in [-0.2, 0) is 13.1 Å². The quantitative estimate of drug-likeness (QED) is 0.235. The SMILES string of the molecule is CCNC(=NCc1ccc(OCCN(CC)CC)cc1)NCc1cc(C(C)C)no1.I. The Bertz CT molecular complexity index is 758. The highest BCUT2D eigenvalue weighted by Crippen LogP contribution is 2.14. The van der Waals surface area contributed by atoms with Gasteiger partial charge in [0, 0.05) is 19.2 Å². The third-order valence-corrected chi connectivity index (χ3v) is 4.86. The number of guanidine groups is 1. The molecule has 0 saturated heterocycles. The van der Waals surface area contributed by atoms with Crippen molar-refractivity contribution in [2.24, 2.45) is 4.99 Å². The number of nitrogens with one attached hydrogen (secondary N) is 2. The van der Waals surface area contributed by atoms with Crippen LogP contribution in [0.1, 0.15) is 57.6 Å². The van der Waals surface area contributed by atoms with E-state index in [9.17, 15) is 0 Å². The number of benzene rings is 1. The number of nitrogens with zero attached hydrogens (tertiary/aromatic N) is 3. The number of ether oxygens (including phenoxy) is 1. The van der Waals surface area contributed by atoms with Crippen LogP contribution in [0.2, 0.25) is 0 Å². The van der Waals surface area contributed by atoms with E-state index in [4.69, 9.17) is 9.26 Å². The minimum Gasteiger partial charge on any atom is -0.492 e. The van der Waals surface area contributed by atoms with Gasteiger partial charge in [-0.2, -0.15) is 0 Å². The first kappa shape index (κ1) is 27.2. The van der Waals surface area contributed by atoms with Gasteiger partial charge in [-0.15, -0.1) is 24.0 Å². The van der Waals surface area contributed by atoms with Crippen LogP contribution >= 0.6 is 24.0 Å². The minimum absolute atomic E-state index is 0. The van der Waals surface area contributed by atoms with Gasteiger partial charge in [0.2, 0.25) is 0 Å². The molecule has 0 radical (unpaired) electrons. The summed E-state index contributed by atoms with van der Waals surface area (Å²) in [5, 5.41) is 10.6. The maximum atomic E-state index is 5.85. The van der Waals surface area contributed by atoms with Crippen LogP contribution in [0.4, 0.5) is 0 Å². The molecule has 0 aliphatic heterocycles. The monoisotopic (exact) mass is 543 g/mol. The van der Waals surface area contributed by atoms with Crippen LogP contribution in [0.3, 0.4) is 0 Å². The highest BCUT2D eigenvalue weighted by atomic mass is 127. The molecule has 31 heavy (non-hydrogen) atoms. The molecule has 2 aromatic rings. The number of aliphatic imine (C=N–C) groups is 1. The summed E-state index contributed by atoms with van der Waals surface area (Å²) < 4.78 is 11.2. The maximum Gasteiger partial charge on any atom is 0.191 e. The summed E-state index contributed by atoms with van der Waals surface area (Å²) in [7, 11) is 0. The number of likely N-dealkylation sites (N-methyl/N-ethyl adjacent to an activating group) is 1. The van der Waals surface area contributed by atoms with Crippen molar-refractivity contribution in [3.05, 3.63) is 47.3 Å². The van der Waals surface area contributed by atoms with E-state index in [0.717, 1.165) is 54.9 Å². The van der Waals surface area contributed by atoms with E-state index in [-0.39, 0.29) is 24.0 Å². The number of halogens is 1. The molecule has 174 valence electrons. The molecule has 8 heteroatoms. The maximum absolute atomic E-state index is 5.85. The Morgan fingerprint density at radius 2 is 1.84 bits per heavy atom. The number of hydrogen-bond acceptors (Lipinski definition) is 5. The zero-order valence-electron chi connectivity index (χ0n) is 19.5. The average Bonchev–Trinajstić information content (AvgIpc) is 3.23. The first-order chi connectivity index (χ1) is 14.5. The summed E-state index contributed by atoms with van der Waals surface area (Å²) >= 11 is 0. The molecule has 1 aromatic heterocycles. The minimum atomic E-state index is 0. The van der Waals surface area contributed by atoms with Crippen LogP contribution in [-0.4, -0.2) is 48.8 Å². The van der Waals surface area contributed by atoms with Gasteiger partial charge in [0.25, 0.3) is 0 Å². The predicted molar refractivity (Wildman–Crippen MR) is 137 cm³/mol. The fourth-order valence-corrected chi connectivity index (χ4v) is 2.89. The van der Waals surface area contributed by atoms with Gasteiger partial charge in [-0.05, 0) is 43.6 Å². The summed E-state index contributed by atoms with van der Waals surface area (Å²) in [6.07, 6.45) is 0. The molecular formula is C23H38IN5O2. The van der Waals surface area contributed by atoms with Gasteiger partial charge in [-0.3, -0.25) is 0 Å². The number of hydrogen-bond donors (Lipinski definition) is 2. The third kappa shape index (κ3) is 9.90. The fourth-order valence-electron chi connectivity index (χ4n) is 2.89. The third-order valence-electron chi connectivity index (χ3n) is 4.86. The van der Waals surface area contributed by atoms with Gasteiger partial charge in [0.05, 0.1) is 18.8 Å². The zero-order chi connectivity index (χ0) is 21.8. The molecule has 2 N–H and O–H groups in total. The van der Waals surface area contributed by atoms with E-state index >= 15 is 0 Å². The second-order valence-corrected chi connectivity index (χ2v) is 7.44. The van der Waals surface area contributed by atoms with E-state index in [2.05, 4.69) is 65.5 Å². The molecule has 0 aliphatic carbocycles. The molecule has 0 fully saturated rings. The van der Waals surface area contributed by atoms with E-state index < -0.39 is 0 Å². The van der Waals surface area contributed by atoms with Gasteiger partial charge in [0.1, 0.15) is 12.4 Å². The summed E-state index contributed by atoms with van der Waals surface area (Å²) in [4.78, 5) is 7.01. The molecule has 0 bridgehead atoms. The van der Waals surface area contributed by atoms with E-state index in [1.165, 1.54) is 0 Å². The first-order valence-electron chi connectivity index (χ1n) is 11.0. The number of rotatable bonds is 12. The molecule has 0 saturated carbocycles. The van der Waals surface area contributed by atoms with Crippen LogP contribution in [0, 0.1) is 0 Å². The lowest BCUT2D eigenvalue weighted by Crippen LogP contribution is -2.36. The van der Waals surface area contributed by atoms with Crippen LogP contribution in [0.5, 0.6) is 5.75 Å². The molecule has 0 aliphatic rings. The van der Waals surface area contributed by atoms with Crippen molar-refractivity contribution in [1.29, 1.82) is 0 Å². The lowest BCUT2D eigenvalue weighted by molar-refractivity contribution is 0.223. The first-order valence-corrected chi connectivity index (χ1v) is 11.0. The Kier molecular flexibility index (Phi) is 13.2. The van der Waals surface area contributed by atoms with Gasteiger partial charge >= 0.3 is 0 Å². The molecule has 1 heterocycles. The highest BCUT2D eigenvalue weighted by molar-refractivity contribution is 14.0. The highest BCUT2D eigenvalue weighted by Gasteiger charge is 2.08. The van der Waals surface area contributed by atoms with Crippen LogP contribution in [0.15, 0.2) is 39.8 Å². The molecule has 0 amide bonds. The lowest BCUT2D eigenvalue weighted by atomic mass is 10.1. The molecule has 0 spiro atoms. The number of aromatic nitrogens is 1. The Morgan fingerprint density at radius 1 is 1.13 bits per heavy atom. The smallest absolute Gasteiger partial charge is 0.191 e. The normalized spacial score (nSPS) is 11.5. The van der Waals surface area contributed by atoms with E-state index in [0.29, 0.717) is 25.6 Å². The molecular weight excluding hydrogens is 505 g/mol. The van der Waals surface area contributed by atoms with Crippen molar-refractivity contribution >= 4 is 29.9 Å². The van der Waals surface area contributed by atoms with Gasteiger partial charge < -0.3 is 24.8 Å². The van der Waals surface area contributed by atoms with E-state index in [1.54, 1.807) is 0 Å². The molecule has 0 unspecified atom stereocenters. The van der Waals surface area contributed by atoms with Crippen molar-refractivity contribution in [3.8, 4) is 5.75 Å². The predicted octanol–water partition coefficient (Wildman–Crippen LogP) is 4.39. The standard InChI is InChI=1S/C23H37N5O2.HI/c1-6-24-23(26-17-21-15-22(18(4)5)27-30-21)25-16-19-9-11-20(12-10-19)29-14-13-28(7-2)8-3;/h9-12,15,18H,6-8,13-14,16-17H2,1-5H3,(H2,24,25,26);1H. The van der Waals surface area contributed by atoms with Crippen molar-refractivity contribution < 1.29 is 9.26 Å². The van der Waals surface area contributed by atoms with Crippen LogP contribution in [0.25, 0.3) is 0 Å². The summed E-state index contributed by atoms with van der Waals surface area (Å²) in [6, 6.07) is 10.1. The van der Waals surface area contributed by atoms with Gasteiger partial charge in [0.15, 0.2) is 11.7 Å². The zero-order valence-corrected chi connectivity index (χ0v) is 21.8. The summed E-state index contributed by atoms with van der Waals surface area (Å²) in [5.41, 5.74) is 2.10. The lowest BCUT2D eigenvalue weighted by Gasteiger charge is -2.18. The van der Waals surface area contributed by atoms with Gasteiger partial charge in [-0.1, -0.05) is 45.0 Å². The average molecular weight is 543 g/mol. The molecule has 1 aromatic carbocycles.